The van der Waals surface area contributed by atoms with E-state index < -0.39 is 10.0 Å². The van der Waals surface area contributed by atoms with Gasteiger partial charge >= 0.3 is 0 Å². The molecule has 1 aromatic rings. The lowest BCUT2D eigenvalue weighted by molar-refractivity contribution is 0.257. The molecule has 5 nitrogen and oxygen atoms in total. The summed E-state index contributed by atoms with van der Waals surface area (Å²) in [6.07, 6.45) is 2.82. The van der Waals surface area contributed by atoms with Crippen LogP contribution in [-0.4, -0.2) is 42.5 Å². The minimum atomic E-state index is -3.50. The number of sulfonamides is 1. The number of aliphatic hydroxyl groups excluding tert-OH is 1. The van der Waals surface area contributed by atoms with Crippen molar-refractivity contribution in [3.05, 3.63) is 24.5 Å². The maximum absolute atomic E-state index is 11.9. The van der Waals surface area contributed by atoms with Gasteiger partial charge in [0.1, 0.15) is 4.90 Å². The quantitative estimate of drug-likeness (QED) is 0.778. The van der Waals surface area contributed by atoms with Crippen molar-refractivity contribution in [3.63, 3.8) is 0 Å². The molecule has 0 aliphatic heterocycles. The average molecular weight is 230 g/mol. The van der Waals surface area contributed by atoms with Gasteiger partial charge in [-0.05, 0) is 12.1 Å². The Morgan fingerprint density at radius 1 is 1.53 bits per heavy atom. The predicted octanol–water partition coefficient (Wildman–Crippen LogP) is 0.0845. The molecule has 1 N–H and O–H groups in total. The highest BCUT2D eigenvalue weighted by Gasteiger charge is 2.22. The van der Waals surface area contributed by atoms with Crippen LogP contribution < -0.4 is 0 Å². The molecule has 6 heteroatoms. The number of pyridine rings is 1. The molecule has 0 atom stereocenters. The van der Waals surface area contributed by atoms with Gasteiger partial charge in [0.25, 0.3) is 0 Å². The Kier molecular flexibility index (Phi) is 4.19. The number of hydrogen-bond acceptors (Lipinski definition) is 4. The summed E-state index contributed by atoms with van der Waals surface area (Å²) in [4.78, 5) is 3.91. The standard InChI is InChI=1S/C9H14N2O3S/c1-2-11(6-7-12)15(13,14)9-4-3-5-10-8-9/h3-5,8,12H,2,6-7H2,1H3. The summed E-state index contributed by atoms with van der Waals surface area (Å²) in [7, 11) is -3.50. The molecule has 0 aliphatic carbocycles. The number of hydrogen-bond donors (Lipinski definition) is 1. The van der Waals surface area contributed by atoms with Crippen molar-refractivity contribution in [2.75, 3.05) is 19.7 Å². The molecule has 0 unspecified atom stereocenters. The summed E-state index contributed by atoms with van der Waals surface area (Å²) in [6.45, 7) is 1.97. The molecule has 1 heterocycles. The lowest BCUT2D eigenvalue weighted by Crippen LogP contribution is -2.33. The van der Waals surface area contributed by atoms with Gasteiger partial charge in [0.05, 0.1) is 6.61 Å². The Labute approximate surface area is 89.4 Å². The molecule has 84 valence electrons. The van der Waals surface area contributed by atoms with Gasteiger partial charge in [0.15, 0.2) is 0 Å². The molecule has 0 fully saturated rings. The maximum atomic E-state index is 11.9. The number of aromatic nitrogens is 1. The number of likely N-dealkylation sites (N-methyl/N-ethyl adjacent to an activating group) is 1. The third kappa shape index (κ3) is 2.74. The van der Waals surface area contributed by atoms with Crippen LogP contribution in [0.1, 0.15) is 6.92 Å². The van der Waals surface area contributed by atoms with Crippen molar-refractivity contribution in [1.82, 2.24) is 9.29 Å². The van der Waals surface area contributed by atoms with E-state index in [4.69, 9.17) is 5.11 Å². The van der Waals surface area contributed by atoms with E-state index in [2.05, 4.69) is 4.98 Å². The first-order chi connectivity index (χ1) is 7.12. The summed E-state index contributed by atoms with van der Waals surface area (Å²) in [5.74, 6) is 0. The smallest absolute Gasteiger partial charge is 0.244 e. The van der Waals surface area contributed by atoms with Gasteiger partial charge in [-0.15, -0.1) is 0 Å². The zero-order valence-corrected chi connectivity index (χ0v) is 9.31. The normalized spacial score (nSPS) is 11.9. The predicted molar refractivity (Wildman–Crippen MR) is 55.8 cm³/mol. The fraction of sp³-hybridized carbons (Fsp3) is 0.444. The van der Waals surface area contributed by atoms with Gasteiger partial charge in [-0.25, -0.2) is 8.42 Å². The van der Waals surface area contributed by atoms with Crippen molar-refractivity contribution >= 4 is 10.0 Å². The monoisotopic (exact) mass is 230 g/mol. The molecule has 0 bridgehead atoms. The van der Waals surface area contributed by atoms with Crippen molar-refractivity contribution in [2.45, 2.75) is 11.8 Å². The second kappa shape index (κ2) is 5.20. The molecule has 1 aromatic heterocycles. The van der Waals surface area contributed by atoms with E-state index >= 15 is 0 Å². The van der Waals surface area contributed by atoms with Crippen LogP contribution in [0.3, 0.4) is 0 Å². The van der Waals surface area contributed by atoms with Crippen LogP contribution >= 0.6 is 0 Å². The fourth-order valence-electron chi connectivity index (χ4n) is 1.21. The van der Waals surface area contributed by atoms with Gasteiger partial charge in [-0.2, -0.15) is 4.31 Å². The molecule has 0 aromatic carbocycles. The molecule has 1 rings (SSSR count). The lowest BCUT2D eigenvalue weighted by Gasteiger charge is -2.18. The highest BCUT2D eigenvalue weighted by atomic mass is 32.2. The van der Waals surface area contributed by atoms with Crippen LogP contribution in [0.15, 0.2) is 29.4 Å². The van der Waals surface area contributed by atoms with E-state index in [1.165, 1.54) is 22.8 Å². The van der Waals surface area contributed by atoms with Crippen molar-refractivity contribution in [2.24, 2.45) is 0 Å². The zero-order chi connectivity index (χ0) is 11.3. The first kappa shape index (κ1) is 12.1. The summed E-state index contributed by atoms with van der Waals surface area (Å²) >= 11 is 0. The molecule has 0 saturated heterocycles. The van der Waals surface area contributed by atoms with Crippen molar-refractivity contribution < 1.29 is 13.5 Å². The van der Waals surface area contributed by atoms with Crippen LogP contribution in [0.4, 0.5) is 0 Å². The second-order valence-electron chi connectivity index (χ2n) is 2.91. The van der Waals surface area contributed by atoms with Gasteiger partial charge in [-0.1, -0.05) is 6.92 Å². The Balaban J connectivity index is 3.01. The summed E-state index contributed by atoms with van der Waals surface area (Å²) in [6, 6.07) is 3.06. The van der Waals surface area contributed by atoms with Crippen LogP contribution in [-0.2, 0) is 10.0 Å². The van der Waals surface area contributed by atoms with Crippen LogP contribution in [0.25, 0.3) is 0 Å². The van der Waals surface area contributed by atoms with E-state index in [1.54, 1.807) is 13.0 Å². The van der Waals surface area contributed by atoms with Gasteiger partial charge in [0.2, 0.25) is 10.0 Å². The summed E-state index contributed by atoms with van der Waals surface area (Å²) in [5.41, 5.74) is 0. The molecule has 0 spiro atoms. The average Bonchev–Trinajstić information content (AvgIpc) is 2.27. The largest absolute Gasteiger partial charge is 0.395 e. The van der Waals surface area contributed by atoms with Crippen LogP contribution in [0.2, 0.25) is 0 Å². The lowest BCUT2D eigenvalue weighted by atomic mass is 10.5. The summed E-state index contributed by atoms with van der Waals surface area (Å²) in [5, 5.41) is 8.76. The second-order valence-corrected chi connectivity index (χ2v) is 4.85. The SMILES string of the molecule is CCN(CCO)S(=O)(=O)c1cccnc1. The van der Waals surface area contributed by atoms with E-state index in [0.29, 0.717) is 6.54 Å². The highest BCUT2D eigenvalue weighted by molar-refractivity contribution is 7.89. The first-order valence-corrected chi connectivity index (χ1v) is 6.08. The van der Waals surface area contributed by atoms with Gasteiger partial charge in [0, 0.05) is 25.5 Å². The number of rotatable bonds is 5. The van der Waals surface area contributed by atoms with E-state index in [0.717, 1.165) is 0 Å². The molecule has 0 radical (unpaired) electrons. The first-order valence-electron chi connectivity index (χ1n) is 4.64. The Bertz CT molecular complexity index is 391. The number of nitrogens with zero attached hydrogens (tertiary/aromatic N) is 2. The molecule has 0 saturated carbocycles. The molecular weight excluding hydrogens is 216 g/mol. The topological polar surface area (TPSA) is 70.5 Å². The van der Waals surface area contributed by atoms with Crippen molar-refractivity contribution in [1.29, 1.82) is 0 Å². The minimum Gasteiger partial charge on any atom is -0.395 e. The van der Waals surface area contributed by atoms with Gasteiger partial charge in [-0.3, -0.25) is 4.98 Å². The third-order valence-corrected chi connectivity index (χ3v) is 3.93. The molecule has 15 heavy (non-hydrogen) atoms. The minimum absolute atomic E-state index is 0.105. The fourth-order valence-corrected chi connectivity index (χ4v) is 2.61. The Hall–Kier alpha value is -0.980. The number of aliphatic hydroxyl groups is 1. The van der Waals surface area contributed by atoms with E-state index in [1.807, 2.05) is 0 Å². The van der Waals surface area contributed by atoms with Gasteiger partial charge < -0.3 is 5.11 Å². The summed E-state index contributed by atoms with van der Waals surface area (Å²) < 4.78 is 25.1. The Morgan fingerprint density at radius 2 is 2.27 bits per heavy atom. The molecular formula is C9H14N2O3S. The Morgan fingerprint density at radius 3 is 2.73 bits per heavy atom. The highest BCUT2D eigenvalue weighted by Crippen LogP contribution is 2.12. The zero-order valence-electron chi connectivity index (χ0n) is 8.50. The maximum Gasteiger partial charge on any atom is 0.244 e. The molecule has 0 amide bonds. The van der Waals surface area contributed by atoms with Crippen LogP contribution in [0.5, 0.6) is 0 Å². The molecule has 0 aliphatic rings. The van der Waals surface area contributed by atoms with E-state index in [-0.39, 0.29) is 18.0 Å². The van der Waals surface area contributed by atoms with Crippen LogP contribution in [0, 0.1) is 0 Å². The van der Waals surface area contributed by atoms with Crippen molar-refractivity contribution in [3.8, 4) is 0 Å². The third-order valence-electron chi connectivity index (χ3n) is 1.97. The van der Waals surface area contributed by atoms with E-state index in [9.17, 15) is 8.42 Å².